The number of amides is 2. The highest BCUT2D eigenvalue weighted by molar-refractivity contribution is 6.36. The van der Waals surface area contributed by atoms with Crippen molar-refractivity contribution < 1.29 is 4.79 Å². The Morgan fingerprint density at radius 3 is 2.40 bits per heavy atom. The van der Waals surface area contributed by atoms with E-state index in [2.05, 4.69) is 5.32 Å². The molecule has 1 aromatic carbocycles. The Morgan fingerprint density at radius 1 is 1.27 bits per heavy atom. The largest absolute Gasteiger partial charge is 0.331 e. The van der Waals surface area contributed by atoms with Crippen LogP contribution in [0.5, 0.6) is 0 Å². The first-order chi connectivity index (χ1) is 6.91. The van der Waals surface area contributed by atoms with Crippen LogP contribution in [0.25, 0.3) is 0 Å². The molecule has 1 N–H and O–H groups in total. The Kier molecular flexibility index (Phi) is 3.83. The van der Waals surface area contributed by atoms with Gasteiger partial charge < -0.3 is 10.2 Å². The molecule has 5 heteroatoms. The first kappa shape index (κ1) is 12.1. The zero-order valence-corrected chi connectivity index (χ0v) is 10.3. The van der Waals surface area contributed by atoms with Gasteiger partial charge in [0.25, 0.3) is 0 Å². The third-order valence-corrected chi connectivity index (χ3v) is 2.62. The van der Waals surface area contributed by atoms with E-state index in [0.717, 1.165) is 5.56 Å². The molecule has 2 amide bonds. The van der Waals surface area contributed by atoms with Gasteiger partial charge in [-0.3, -0.25) is 0 Å². The van der Waals surface area contributed by atoms with Crippen molar-refractivity contribution in [2.24, 2.45) is 0 Å². The van der Waals surface area contributed by atoms with E-state index < -0.39 is 0 Å². The van der Waals surface area contributed by atoms with Crippen LogP contribution >= 0.6 is 23.2 Å². The van der Waals surface area contributed by atoms with Crippen molar-refractivity contribution in [2.45, 2.75) is 6.92 Å². The molecular weight excluding hydrogens is 235 g/mol. The minimum Gasteiger partial charge on any atom is -0.331 e. The highest BCUT2D eigenvalue weighted by atomic mass is 35.5. The highest BCUT2D eigenvalue weighted by Gasteiger charge is 2.09. The van der Waals surface area contributed by atoms with Gasteiger partial charge >= 0.3 is 6.03 Å². The van der Waals surface area contributed by atoms with E-state index >= 15 is 0 Å². The highest BCUT2D eigenvalue weighted by Crippen LogP contribution is 2.28. The maximum Gasteiger partial charge on any atom is 0.321 e. The number of halogens is 2. The van der Waals surface area contributed by atoms with Crippen LogP contribution in [-0.4, -0.2) is 25.0 Å². The first-order valence-electron chi connectivity index (χ1n) is 4.35. The molecule has 0 saturated heterocycles. The second-order valence-corrected chi connectivity index (χ2v) is 4.22. The van der Waals surface area contributed by atoms with Crippen LogP contribution in [-0.2, 0) is 0 Å². The lowest BCUT2D eigenvalue weighted by Crippen LogP contribution is -2.27. The minimum atomic E-state index is -0.239. The Labute approximate surface area is 99.0 Å². The van der Waals surface area contributed by atoms with Gasteiger partial charge in [0, 0.05) is 19.1 Å². The van der Waals surface area contributed by atoms with E-state index in [9.17, 15) is 4.79 Å². The maximum absolute atomic E-state index is 11.4. The van der Waals surface area contributed by atoms with Gasteiger partial charge in [0.2, 0.25) is 0 Å². The van der Waals surface area contributed by atoms with Crippen molar-refractivity contribution in [3.05, 3.63) is 27.7 Å². The molecule has 0 unspecified atom stereocenters. The Balaban J connectivity index is 2.96. The number of nitrogens with zero attached hydrogens (tertiary/aromatic N) is 1. The smallest absolute Gasteiger partial charge is 0.321 e. The van der Waals surface area contributed by atoms with Gasteiger partial charge in [0.1, 0.15) is 0 Å². The van der Waals surface area contributed by atoms with E-state index in [0.29, 0.717) is 15.7 Å². The molecule has 0 fully saturated rings. The van der Waals surface area contributed by atoms with E-state index in [1.807, 2.05) is 6.92 Å². The number of aryl methyl sites for hydroxylation is 1. The minimum absolute atomic E-state index is 0.239. The quantitative estimate of drug-likeness (QED) is 0.810. The maximum atomic E-state index is 11.4. The molecule has 0 aliphatic carbocycles. The number of rotatable bonds is 1. The van der Waals surface area contributed by atoms with Gasteiger partial charge in [0.05, 0.1) is 10.7 Å². The third kappa shape index (κ3) is 3.01. The molecule has 0 radical (unpaired) electrons. The lowest BCUT2D eigenvalue weighted by atomic mass is 10.2. The summed E-state index contributed by atoms with van der Waals surface area (Å²) in [5, 5.41) is 3.70. The summed E-state index contributed by atoms with van der Waals surface area (Å²) in [6, 6.07) is 3.12. The summed E-state index contributed by atoms with van der Waals surface area (Å²) in [5.41, 5.74) is 1.40. The predicted molar refractivity (Wildman–Crippen MR) is 63.9 cm³/mol. The molecule has 0 aliphatic heterocycles. The standard InChI is InChI=1S/C10H12Cl2N2O/c1-6-4-8(12)9(5-7(6)11)13-10(15)14(2)3/h4-5H,1-3H3,(H,13,15). The fourth-order valence-corrected chi connectivity index (χ4v) is 1.40. The zero-order chi connectivity index (χ0) is 11.6. The number of hydrogen-bond acceptors (Lipinski definition) is 1. The van der Waals surface area contributed by atoms with Crippen molar-refractivity contribution in [2.75, 3.05) is 19.4 Å². The topological polar surface area (TPSA) is 32.3 Å². The fourth-order valence-electron chi connectivity index (χ4n) is 0.969. The van der Waals surface area contributed by atoms with E-state index in [4.69, 9.17) is 23.2 Å². The monoisotopic (exact) mass is 246 g/mol. The van der Waals surface area contributed by atoms with Gasteiger partial charge in [-0.25, -0.2) is 4.79 Å². The summed E-state index contributed by atoms with van der Waals surface area (Å²) in [6.45, 7) is 1.85. The molecular formula is C10H12Cl2N2O. The number of urea groups is 1. The van der Waals surface area contributed by atoms with Crippen LogP contribution in [0.15, 0.2) is 12.1 Å². The van der Waals surface area contributed by atoms with Gasteiger partial charge in [-0.2, -0.15) is 0 Å². The van der Waals surface area contributed by atoms with Crippen molar-refractivity contribution >= 4 is 34.9 Å². The Morgan fingerprint density at radius 2 is 1.87 bits per heavy atom. The van der Waals surface area contributed by atoms with Crippen molar-refractivity contribution in [3.63, 3.8) is 0 Å². The zero-order valence-electron chi connectivity index (χ0n) is 8.77. The number of carbonyl (C=O) groups excluding carboxylic acids is 1. The van der Waals surface area contributed by atoms with Gasteiger partial charge in [-0.1, -0.05) is 23.2 Å². The molecule has 0 atom stereocenters. The van der Waals surface area contributed by atoms with Gasteiger partial charge in [0.15, 0.2) is 0 Å². The lowest BCUT2D eigenvalue weighted by molar-refractivity contribution is 0.230. The number of anilines is 1. The van der Waals surface area contributed by atoms with Crippen LogP contribution in [0.4, 0.5) is 10.5 Å². The lowest BCUT2D eigenvalue weighted by Gasteiger charge is -2.13. The second kappa shape index (κ2) is 4.73. The summed E-state index contributed by atoms with van der Waals surface area (Å²) >= 11 is 11.9. The third-order valence-electron chi connectivity index (χ3n) is 1.90. The predicted octanol–water partition coefficient (Wildman–Crippen LogP) is 3.40. The van der Waals surface area contributed by atoms with Crippen LogP contribution in [0.3, 0.4) is 0 Å². The van der Waals surface area contributed by atoms with E-state index in [1.165, 1.54) is 4.90 Å². The molecule has 0 aliphatic rings. The van der Waals surface area contributed by atoms with Crippen LogP contribution in [0, 0.1) is 6.92 Å². The second-order valence-electron chi connectivity index (χ2n) is 3.41. The molecule has 0 aromatic heterocycles. The van der Waals surface area contributed by atoms with Crippen molar-refractivity contribution in [1.82, 2.24) is 4.90 Å². The number of nitrogens with one attached hydrogen (secondary N) is 1. The van der Waals surface area contributed by atoms with Crippen LogP contribution in [0.2, 0.25) is 10.0 Å². The molecule has 15 heavy (non-hydrogen) atoms. The molecule has 0 saturated carbocycles. The van der Waals surface area contributed by atoms with Gasteiger partial charge in [-0.05, 0) is 24.6 Å². The summed E-state index contributed by atoms with van der Waals surface area (Å²) in [5.74, 6) is 0. The SMILES string of the molecule is Cc1cc(Cl)c(NC(=O)N(C)C)cc1Cl. The molecule has 1 rings (SSSR count). The molecule has 0 spiro atoms. The average Bonchev–Trinajstić information content (AvgIpc) is 2.13. The number of carbonyl (C=O) groups is 1. The van der Waals surface area contributed by atoms with E-state index in [1.54, 1.807) is 26.2 Å². The molecule has 3 nitrogen and oxygen atoms in total. The Bertz CT molecular complexity index is 391. The summed E-state index contributed by atoms with van der Waals surface area (Å²) in [7, 11) is 3.30. The van der Waals surface area contributed by atoms with Gasteiger partial charge in [-0.15, -0.1) is 0 Å². The van der Waals surface area contributed by atoms with E-state index in [-0.39, 0.29) is 6.03 Å². The van der Waals surface area contributed by atoms with Crippen molar-refractivity contribution in [3.8, 4) is 0 Å². The van der Waals surface area contributed by atoms with Crippen LogP contribution in [0.1, 0.15) is 5.56 Å². The summed E-state index contributed by atoms with van der Waals surface area (Å²) in [6.07, 6.45) is 0. The number of hydrogen-bond donors (Lipinski definition) is 1. The molecule has 82 valence electrons. The van der Waals surface area contributed by atoms with Crippen LogP contribution < -0.4 is 5.32 Å². The Hall–Kier alpha value is -0.930. The molecule has 0 heterocycles. The number of benzene rings is 1. The first-order valence-corrected chi connectivity index (χ1v) is 5.11. The molecule has 1 aromatic rings. The van der Waals surface area contributed by atoms with Crippen molar-refractivity contribution in [1.29, 1.82) is 0 Å². The fraction of sp³-hybridized carbons (Fsp3) is 0.300. The summed E-state index contributed by atoms with van der Waals surface area (Å²) in [4.78, 5) is 12.8. The normalized spacial score (nSPS) is 9.93. The summed E-state index contributed by atoms with van der Waals surface area (Å²) < 4.78 is 0. The molecule has 0 bridgehead atoms. The average molecular weight is 247 g/mol.